The molecule has 0 radical (unpaired) electrons. The van der Waals surface area contributed by atoms with Crippen molar-refractivity contribution in [3.8, 4) is 0 Å². The zero-order valence-corrected chi connectivity index (χ0v) is 8.35. The largest absolute Gasteiger partial charge is 0.254 e. The number of rotatable bonds is 2. The lowest BCUT2D eigenvalue weighted by Crippen LogP contribution is -2.00. The average molecular weight is 204 g/mol. The second kappa shape index (κ2) is 4.16. The number of hydrogen-bond donors (Lipinski definition) is 0. The van der Waals surface area contributed by atoms with Crippen molar-refractivity contribution in [2.45, 2.75) is 0 Å². The van der Waals surface area contributed by atoms with Crippen LogP contribution in [0.3, 0.4) is 0 Å². The average Bonchev–Trinajstić information content (AvgIpc) is 2.30. The molecule has 0 aromatic heterocycles. The van der Waals surface area contributed by atoms with Crippen molar-refractivity contribution >= 4 is 23.2 Å². The molecule has 2 aromatic carbocycles. The summed E-state index contributed by atoms with van der Waals surface area (Å²) < 4.78 is 1.64. The lowest BCUT2D eigenvalue weighted by Gasteiger charge is -2.15. The van der Waals surface area contributed by atoms with Crippen LogP contribution in [0.2, 0.25) is 0 Å². The molecule has 70 valence electrons. The molecule has 0 saturated heterocycles. The first-order valence-electron chi connectivity index (χ1n) is 4.44. The standard InChI is InChI=1S/C12H10ClN/c13-14(11-7-3-1-4-8-11)12-9-5-2-6-10-12/h1-10H. The quantitative estimate of drug-likeness (QED) is 0.668. The normalized spacial score (nSPS) is 9.79. The molecule has 2 aromatic rings. The van der Waals surface area contributed by atoms with E-state index in [1.807, 2.05) is 60.7 Å². The van der Waals surface area contributed by atoms with E-state index in [-0.39, 0.29) is 0 Å². The van der Waals surface area contributed by atoms with Gasteiger partial charge in [0.15, 0.2) is 0 Å². The predicted octanol–water partition coefficient (Wildman–Crippen LogP) is 3.98. The predicted molar refractivity (Wildman–Crippen MR) is 60.9 cm³/mol. The Morgan fingerprint density at radius 3 is 1.36 bits per heavy atom. The van der Waals surface area contributed by atoms with Crippen LogP contribution in [0.15, 0.2) is 60.7 Å². The van der Waals surface area contributed by atoms with E-state index >= 15 is 0 Å². The molecule has 0 fully saturated rings. The van der Waals surface area contributed by atoms with Gasteiger partial charge >= 0.3 is 0 Å². The smallest absolute Gasteiger partial charge is 0.0581 e. The SMILES string of the molecule is ClN(c1ccccc1)c1ccccc1. The van der Waals surface area contributed by atoms with Crippen LogP contribution in [-0.2, 0) is 0 Å². The molecule has 14 heavy (non-hydrogen) atoms. The molecule has 1 nitrogen and oxygen atoms in total. The summed E-state index contributed by atoms with van der Waals surface area (Å²) in [6.07, 6.45) is 0. The number of halogens is 1. The minimum absolute atomic E-state index is 0.973. The molecule has 0 heterocycles. The van der Waals surface area contributed by atoms with Gasteiger partial charge in [0.2, 0.25) is 0 Å². The minimum Gasteiger partial charge on any atom is -0.254 e. The highest BCUT2D eigenvalue weighted by Gasteiger charge is 2.03. The first-order valence-corrected chi connectivity index (χ1v) is 4.78. The van der Waals surface area contributed by atoms with E-state index in [9.17, 15) is 0 Å². The fraction of sp³-hybridized carbons (Fsp3) is 0. The van der Waals surface area contributed by atoms with Crippen molar-refractivity contribution in [2.75, 3.05) is 4.42 Å². The molecule has 0 unspecified atom stereocenters. The summed E-state index contributed by atoms with van der Waals surface area (Å²) in [5, 5.41) is 0. The monoisotopic (exact) mass is 203 g/mol. The molecule has 0 spiro atoms. The minimum atomic E-state index is 0.973. The highest BCUT2D eigenvalue weighted by atomic mass is 35.5. The van der Waals surface area contributed by atoms with E-state index in [2.05, 4.69) is 0 Å². The van der Waals surface area contributed by atoms with Crippen molar-refractivity contribution < 1.29 is 0 Å². The van der Waals surface area contributed by atoms with Crippen LogP contribution in [0, 0.1) is 0 Å². The number of hydrogen-bond acceptors (Lipinski definition) is 1. The van der Waals surface area contributed by atoms with Crippen molar-refractivity contribution in [3.63, 3.8) is 0 Å². The molecule has 0 atom stereocenters. The first-order chi connectivity index (χ1) is 6.88. The Morgan fingerprint density at radius 1 is 0.643 bits per heavy atom. The van der Waals surface area contributed by atoms with Crippen LogP contribution < -0.4 is 4.42 Å². The van der Waals surface area contributed by atoms with Gasteiger partial charge in [0.05, 0.1) is 11.4 Å². The molecule has 0 aliphatic rings. The van der Waals surface area contributed by atoms with Crippen LogP contribution in [-0.4, -0.2) is 0 Å². The van der Waals surface area contributed by atoms with Crippen molar-refractivity contribution in [1.82, 2.24) is 0 Å². The van der Waals surface area contributed by atoms with Gasteiger partial charge in [0.1, 0.15) is 0 Å². The number of nitrogens with zero attached hydrogens (tertiary/aromatic N) is 1. The van der Waals surface area contributed by atoms with Gasteiger partial charge < -0.3 is 0 Å². The summed E-state index contributed by atoms with van der Waals surface area (Å²) in [7, 11) is 0. The molecule has 0 N–H and O–H groups in total. The van der Waals surface area contributed by atoms with Gasteiger partial charge in [-0.2, -0.15) is 0 Å². The fourth-order valence-corrected chi connectivity index (χ4v) is 1.49. The molecule has 0 bridgehead atoms. The molecular formula is C12H10ClN. The third kappa shape index (κ3) is 1.88. The van der Waals surface area contributed by atoms with Crippen LogP contribution in [0.1, 0.15) is 0 Å². The first kappa shape index (κ1) is 9.10. The lowest BCUT2D eigenvalue weighted by atomic mass is 10.3. The zero-order valence-electron chi connectivity index (χ0n) is 7.60. The summed E-state index contributed by atoms with van der Waals surface area (Å²) >= 11 is 6.16. The second-order valence-electron chi connectivity index (χ2n) is 2.95. The Kier molecular flexibility index (Phi) is 2.70. The van der Waals surface area contributed by atoms with Gasteiger partial charge in [0, 0.05) is 11.8 Å². The van der Waals surface area contributed by atoms with Gasteiger partial charge in [0.25, 0.3) is 0 Å². The molecule has 0 amide bonds. The Labute approximate surface area is 88.7 Å². The van der Waals surface area contributed by atoms with E-state index in [1.54, 1.807) is 4.42 Å². The maximum absolute atomic E-state index is 6.16. The van der Waals surface area contributed by atoms with E-state index in [0.29, 0.717) is 0 Å². The molecule has 0 saturated carbocycles. The van der Waals surface area contributed by atoms with Gasteiger partial charge in [-0.1, -0.05) is 36.4 Å². The molecule has 2 heteroatoms. The van der Waals surface area contributed by atoms with Gasteiger partial charge in [-0.05, 0) is 24.3 Å². The van der Waals surface area contributed by atoms with Crippen molar-refractivity contribution in [1.29, 1.82) is 0 Å². The van der Waals surface area contributed by atoms with E-state index in [1.165, 1.54) is 0 Å². The van der Waals surface area contributed by atoms with Crippen LogP contribution in [0.5, 0.6) is 0 Å². The number of benzene rings is 2. The number of para-hydroxylation sites is 2. The van der Waals surface area contributed by atoms with Crippen LogP contribution >= 0.6 is 11.8 Å². The van der Waals surface area contributed by atoms with E-state index in [4.69, 9.17) is 11.8 Å². The molecule has 0 aliphatic carbocycles. The maximum atomic E-state index is 6.16. The highest BCUT2D eigenvalue weighted by molar-refractivity contribution is 6.29. The Bertz CT molecular complexity index is 346. The highest BCUT2D eigenvalue weighted by Crippen LogP contribution is 2.26. The van der Waals surface area contributed by atoms with Gasteiger partial charge in [-0.25, -0.2) is 0 Å². The van der Waals surface area contributed by atoms with Crippen LogP contribution in [0.25, 0.3) is 0 Å². The molecular weight excluding hydrogens is 194 g/mol. The maximum Gasteiger partial charge on any atom is 0.0581 e. The fourth-order valence-electron chi connectivity index (χ4n) is 1.27. The van der Waals surface area contributed by atoms with Crippen LogP contribution in [0.4, 0.5) is 11.4 Å². The Morgan fingerprint density at radius 2 is 1.00 bits per heavy atom. The summed E-state index contributed by atoms with van der Waals surface area (Å²) in [5.41, 5.74) is 1.95. The zero-order chi connectivity index (χ0) is 9.80. The summed E-state index contributed by atoms with van der Waals surface area (Å²) in [5.74, 6) is 0. The topological polar surface area (TPSA) is 3.24 Å². The van der Waals surface area contributed by atoms with E-state index < -0.39 is 0 Å². The molecule has 2 rings (SSSR count). The summed E-state index contributed by atoms with van der Waals surface area (Å²) in [4.78, 5) is 0. The summed E-state index contributed by atoms with van der Waals surface area (Å²) in [6, 6.07) is 19.7. The summed E-state index contributed by atoms with van der Waals surface area (Å²) in [6.45, 7) is 0. The van der Waals surface area contributed by atoms with Gasteiger partial charge in [-0.3, -0.25) is 4.42 Å². The van der Waals surface area contributed by atoms with E-state index in [0.717, 1.165) is 11.4 Å². The second-order valence-corrected chi connectivity index (χ2v) is 3.29. The Hall–Kier alpha value is -1.47. The van der Waals surface area contributed by atoms with Gasteiger partial charge in [-0.15, -0.1) is 0 Å². The lowest BCUT2D eigenvalue weighted by molar-refractivity contribution is 1.42. The van der Waals surface area contributed by atoms with Crippen molar-refractivity contribution in [3.05, 3.63) is 60.7 Å². The Balaban J connectivity index is 2.30. The molecule has 0 aliphatic heterocycles. The van der Waals surface area contributed by atoms with Crippen molar-refractivity contribution in [2.24, 2.45) is 0 Å². The number of anilines is 2. The third-order valence-corrected chi connectivity index (χ3v) is 2.36. The third-order valence-electron chi connectivity index (χ3n) is 1.97.